The van der Waals surface area contributed by atoms with Crippen LogP contribution < -0.4 is 0 Å². The van der Waals surface area contributed by atoms with E-state index in [1.165, 1.54) is 30.4 Å². The molecule has 1 aliphatic carbocycles. The van der Waals surface area contributed by atoms with Gasteiger partial charge in [0.2, 0.25) is 0 Å². The molecular formula is C15H18N2. The first-order valence-corrected chi connectivity index (χ1v) is 6.57. The highest BCUT2D eigenvalue weighted by atomic mass is 15.2. The summed E-state index contributed by atoms with van der Waals surface area (Å²) in [6, 6.07) is 11.1. The fourth-order valence-electron chi connectivity index (χ4n) is 3.29. The fourth-order valence-corrected chi connectivity index (χ4v) is 3.29. The number of rotatable bonds is 1. The zero-order valence-corrected chi connectivity index (χ0v) is 10.2. The number of fused-ring (bicyclic) bond motifs is 1. The van der Waals surface area contributed by atoms with E-state index in [-0.39, 0.29) is 5.54 Å². The van der Waals surface area contributed by atoms with E-state index in [2.05, 4.69) is 35.2 Å². The minimum absolute atomic E-state index is 0.246. The molecule has 0 amide bonds. The first-order chi connectivity index (χ1) is 8.34. The highest BCUT2D eigenvalue weighted by Crippen LogP contribution is 2.35. The molecule has 88 valence electrons. The Bertz CT molecular complexity index is 427. The molecule has 0 spiro atoms. The predicted octanol–water partition coefficient (Wildman–Crippen LogP) is 2.53. The van der Waals surface area contributed by atoms with E-state index in [9.17, 15) is 5.26 Å². The Labute approximate surface area is 103 Å². The van der Waals surface area contributed by atoms with Crippen LogP contribution in [-0.4, -0.2) is 23.5 Å². The summed E-state index contributed by atoms with van der Waals surface area (Å²) < 4.78 is 0. The first kappa shape index (κ1) is 10.8. The van der Waals surface area contributed by atoms with E-state index in [1.807, 2.05) is 0 Å². The molecule has 0 N–H and O–H groups in total. The first-order valence-electron chi connectivity index (χ1n) is 6.57. The minimum atomic E-state index is -0.246. The molecule has 17 heavy (non-hydrogen) atoms. The molecule has 2 heteroatoms. The van der Waals surface area contributed by atoms with Crippen LogP contribution in [0.3, 0.4) is 0 Å². The maximum absolute atomic E-state index is 9.65. The van der Waals surface area contributed by atoms with Gasteiger partial charge in [0.25, 0.3) is 0 Å². The molecule has 1 saturated heterocycles. The number of hydrogen-bond acceptors (Lipinski definition) is 2. The van der Waals surface area contributed by atoms with Crippen LogP contribution >= 0.6 is 0 Å². The second kappa shape index (κ2) is 4.16. The van der Waals surface area contributed by atoms with E-state index < -0.39 is 0 Å². The Morgan fingerprint density at radius 1 is 1.00 bits per heavy atom. The van der Waals surface area contributed by atoms with E-state index in [0.29, 0.717) is 0 Å². The third-order valence-electron chi connectivity index (χ3n) is 4.25. The minimum Gasteiger partial charge on any atom is -0.285 e. The molecule has 0 saturated carbocycles. The SMILES string of the molecule is N#CC1(N2CCCCC2)Cc2ccccc2C1. The molecule has 2 nitrogen and oxygen atoms in total. The van der Waals surface area contributed by atoms with Crippen molar-refractivity contribution in [2.75, 3.05) is 13.1 Å². The zero-order chi connectivity index (χ0) is 11.7. The summed E-state index contributed by atoms with van der Waals surface area (Å²) in [5.41, 5.74) is 2.50. The fraction of sp³-hybridized carbons (Fsp3) is 0.533. The standard InChI is InChI=1S/C15H18N2/c16-12-15(17-8-4-1-5-9-17)10-13-6-2-3-7-14(13)11-15/h2-3,6-7H,1,4-5,8-11H2. The maximum atomic E-state index is 9.65. The highest BCUT2D eigenvalue weighted by molar-refractivity contribution is 5.40. The summed E-state index contributed by atoms with van der Waals surface area (Å²) in [7, 11) is 0. The number of nitriles is 1. The van der Waals surface area contributed by atoms with Crippen molar-refractivity contribution >= 4 is 0 Å². The lowest BCUT2D eigenvalue weighted by Gasteiger charge is -2.38. The monoisotopic (exact) mass is 226 g/mol. The van der Waals surface area contributed by atoms with E-state index in [1.54, 1.807) is 0 Å². The molecule has 0 bridgehead atoms. The molecule has 0 unspecified atom stereocenters. The summed E-state index contributed by atoms with van der Waals surface area (Å²) in [4.78, 5) is 2.43. The maximum Gasteiger partial charge on any atom is 0.117 e. The van der Waals surface area contributed by atoms with Crippen molar-refractivity contribution in [3.8, 4) is 6.07 Å². The normalized spacial score (nSPS) is 23.0. The molecule has 0 radical (unpaired) electrons. The third-order valence-corrected chi connectivity index (χ3v) is 4.25. The number of likely N-dealkylation sites (tertiary alicyclic amines) is 1. The van der Waals surface area contributed by atoms with Crippen LogP contribution in [0.1, 0.15) is 30.4 Å². The van der Waals surface area contributed by atoms with Crippen LogP contribution in [0.4, 0.5) is 0 Å². The van der Waals surface area contributed by atoms with E-state index in [4.69, 9.17) is 0 Å². The van der Waals surface area contributed by atoms with Crippen molar-refractivity contribution in [1.82, 2.24) is 4.90 Å². The lowest BCUT2D eigenvalue weighted by Crippen LogP contribution is -2.50. The number of piperidine rings is 1. The van der Waals surface area contributed by atoms with Gasteiger partial charge in [-0.25, -0.2) is 0 Å². The van der Waals surface area contributed by atoms with Gasteiger partial charge in [0, 0.05) is 12.8 Å². The largest absolute Gasteiger partial charge is 0.285 e. The molecule has 1 aromatic rings. The lowest BCUT2D eigenvalue weighted by atomic mass is 9.92. The summed E-state index contributed by atoms with van der Waals surface area (Å²) in [5.74, 6) is 0. The van der Waals surface area contributed by atoms with Crippen LogP contribution in [0.25, 0.3) is 0 Å². The van der Waals surface area contributed by atoms with Gasteiger partial charge in [-0.3, -0.25) is 4.90 Å². The molecule has 1 fully saturated rings. The van der Waals surface area contributed by atoms with Crippen LogP contribution in [0.15, 0.2) is 24.3 Å². The number of benzene rings is 1. The zero-order valence-electron chi connectivity index (χ0n) is 10.2. The summed E-state index contributed by atoms with van der Waals surface area (Å²) in [5, 5.41) is 9.65. The molecule has 0 aromatic heterocycles. The molecular weight excluding hydrogens is 208 g/mol. The topological polar surface area (TPSA) is 27.0 Å². The third kappa shape index (κ3) is 1.75. The Hall–Kier alpha value is -1.33. The molecule has 3 rings (SSSR count). The van der Waals surface area contributed by atoms with Crippen molar-refractivity contribution in [2.24, 2.45) is 0 Å². The van der Waals surface area contributed by atoms with E-state index >= 15 is 0 Å². The van der Waals surface area contributed by atoms with Gasteiger partial charge in [-0.05, 0) is 37.1 Å². The Kier molecular flexibility index (Phi) is 2.64. The number of nitrogens with zero attached hydrogens (tertiary/aromatic N) is 2. The predicted molar refractivity (Wildman–Crippen MR) is 67.6 cm³/mol. The number of hydrogen-bond donors (Lipinski definition) is 0. The Morgan fingerprint density at radius 2 is 1.59 bits per heavy atom. The van der Waals surface area contributed by atoms with Crippen molar-refractivity contribution < 1.29 is 0 Å². The van der Waals surface area contributed by atoms with Gasteiger partial charge < -0.3 is 0 Å². The van der Waals surface area contributed by atoms with Gasteiger partial charge in [-0.15, -0.1) is 0 Å². The Morgan fingerprint density at radius 3 is 2.12 bits per heavy atom. The average molecular weight is 226 g/mol. The molecule has 1 heterocycles. The van der Waals surface area contributed by atoms with Crippen molar-refractivity contribution in [3.05, 3.63) is 35.4 Å². The summed E-state index contributed by atoms with van der Waals surface area (Å²) in [6.07, 6.45) is 5.66. The second-order valence-corrected chi connectivity index (χ2v) is 5.31. The van der Waals surface area contributed by atoms with Crippen LogP contribution in [0.5, 0.6) is 0 Å². The summed E-state index contributed by atoms with van der Waals surface area (Å²) in [6.45, 7) is 2.20. The van der Waals surface area contributed by atoms with Crippen LogP contribution in [0.2, 0.25) is 0 Å². The smallest absolute Gasteiger partial charge is 0.117 e. The van der Waals surface area contributed by atoms with Crippen molar-refractivity contribution in [1.29, 1.82) is 5.26 Å². The molecule has 1 aromatic carbocycles. The van der Waals surface area contributed by atoms with Gasteiger partial charge >= 0.3 is 0 Å². The molecule has 1 aliphatic heterocycles. The molecule has 0 atom stereocenters. The van der Waals surface area contributed by atoms with Crippen molar-refractivity contribution in [2.45, 2.75) is 37.6 Å². The summed E-state index contributed by atoms with van der Waals surface area (Å²) >= 11 is 0. The van der Waals surface area contributed by atoms with Gasteiger partial charge in [0.1, 0.15) is 5.54 Å². The lowest BCUT2D eigenvalue weighted by molar-refractivity contribution is 0.117. The highest BCUT2D eigenvalue weighted by Gasteiger charge is 2.42. The Balaban J connectivity index is 1.89. The van der Waals surface area contributed by atoms with Gasteiger partial charge in [0.15, 0.2) is 0 Å². The second-order valence-electron chi connectivity index (χ2n) is 5.31. The van der Waals surface area contributed by atoms with Gasteiger partial charge in [-0.2, -0.15) is 5.26 Å². The van der Waals surface area contributed by atoms with Crippen LogP contribution in [0, 0.1) is 11.3 Å². The average Bonchev–Trinajstić information content (AvgIpc) is 2.79. The van der Waals surface area contributed by atoms with E-state index in [0.717, 1.165) is 25.9 Å². The quantitative estimate of drug-likeness (QED) is 0.735. The van der Waals surface area contributed by atoms with Crippen molar-refractivity contribution in [3.63, 3.8) is 0 Å². The van der Waals surface area contributed by atoms with Gasteiger partial charge in [-0.1, -0.05) is 30.7 Å². The molecule has 2 aliphatic rings. The van der Waals surface area contributed by atoms with Crippen LogP contribution in [-0.2, 0) is 12.8 Å². The van der Waals surface area contributed by atoms with Gasteiger partial charge in [0.05, 0.1) is 6.07 Å².